The molecule has 0 bridgehead atoms. The number of para-hydroxylation sites is 1. The second-order valence-corrected chi connectivity index (χ2v) is 12.7. The van der Waals surface area contributed by atoms with Gasteiger partial charge >= 0.3 is 0 Å². The monoisotopic (exact) mass is 638 g/mol. The van der Waals surface area contributed by atoms with Gasteiger partial charge in [-0.25, -0.2) is 0 Å². The van der Waals surface area contributed by atoms with Crippen LogP contribution in [0.15, 0.2) is 201 Å². The molecule has 9 rings (SSSR count). The van der Waals surface area contributed by atoms with E-state index in [1.54, 1.807) is 0 Å². The highest BCUT2D eigenvalue weighted by molar-refractivity contribution is 6.10. The fraction of sp³-hybridized carbons (Fsp3) is 0. The first-order valence-electron chi connectivity index (χ1n) is 17.0. The summed E-state index contributed by atoms with van der Waals surface area (Å²) in [4.78, 5) is 2.28. The highest BCUT2D eigenvalue weighted by Crippen LogP contribution is 2.40. The Morgan fingerprint density at radius 3 is 1.74 bits per heavy atom. The van der Waals surface area contributed by atoms with Gasteiger partial charge in [-0.3, -0.25) is 0 Å². The van der Waals surface area contributed by atoms with Gasteiger partial charge in [0.05, 0.1) is 16.7 Å². The van der Waals surface area contributed by atoms with E-state index >= 15 is 0 Å². The van der Waals surface area contributed by atoms with Gasteiger partial charge in [-0.1, -0.05) is 140 Å². The third-order valence-electron chi connectivity index (χ3n) is 9.70. The molecule has 2 nitrogen and oxygen atoms in total. The summed E-state index contributed by atoms with van der Waals surface area (Å²) in [6.45, 7) is 4.43. The Morgan fingerprint density at radius 2 is 0.980 bits per heavy atom. The van der Waals surface area contributed by atoms with Gasteiger partial charge in [0.2, 0.25) is 0 Å². The summed E-state index contributed by atoms with van der Waals surface area (Å²) in [6.07, 6.45) is 8.38. The number of hydrogen-bond acceptors (Lipinski definition) is 1. The second-order valence-electron chi connectivity index (χ2n) is 12.7. The molecule has 50 heavy (non-hydrogen) atoms. The van der Waals surface area contributed by atoms with Crippen LogP contribution < -0.4 is 4.90 Å². The van der Waals surface area contributed by atoms with E-state index < -0.39 is 0 Å². The number of aromatic nitrogens is 1. The second kappa shape index (κ2) is 12.4. The Labute approximate surface area is 292 Å². The number of nitrogens with zero attached hydrogens (tertiary/aromatic N) is 2. The zero-order valence-electron chi connectivity index (χ0n) is 27.6. The van der Waals surface area contributed by atoms with Gasteiger partial charge in [0.1, 0.15) is 0 Å². The van der Waals surface area contributed by atoms with Gasteiger partial charge in [-0.15, -0.1) is 0 Å². The van der Waals surface area contributed by atoms with Crippen molar-refractivity contribution in [3.63, 3.8) is 0 Å². The Morgan fingerprint density at radius 1 is 0.400 bits per heavy atom. The zero-order chi connectivity index (χ0) is 33.4. The van der Waals surface area contributed by atoms with Crippen molar-refractivity contribution in [1.82, 2.24) is 4.57 Å². The molecule has 0 saturated heterocycles. The molecule has 236 valence electrons. The molecule has 0 spiro atoms. The van der Waals surface area contributed by atoms with Crippen molar-refractivity contribution < 1.29 is 0 Å². The molecule has 1 aromatic heterocycles. The van der Waals surface area contributed by atoms with Gasteiger partial charge in [-0.05, 0) is 93.6 Å². The first-order valence-corrected chi connectivity index (χ1v) is 17.0. The molecule has 0 fully saturated rings. The van der Waals surface area contributed by atoms with Crippen LogP contribution in [-0.4, -0.2) is 4.57 Å². The molecular formula is C48H34N2. The molecule has 0 unspecified atom stereocenters. The van der Waals surface area contributed by atoms with Crippen LogP contribution in [0, 0.1) is 0 Å². The molecular weight excluding hydrogens is 605 g/mol. The first-order chi connectivity index (χ1) is 24.7. The largest absolute Gasteiger partial charge is 0.317 e. The van der Waals surface area contributed by atoms with E-state index in [4.69, 9.17) is 0 Å². The number of hydrogen-bond donors (Lipinski definition) is 0. The molecule has 8 aromatic rings. The number of fused-ring (bicyclic) bond motifs is 4. The smallest absolute Gasteiger partial charge is 0.0541 e. The van der Waals surface area contributed by atoms with Gasteiger partial charge in [0.25, 0.3) is 0 Å². The van der Waals surface area contributed by atoms with Crippen molar-refractivity contribution in [3.8, 4) is 39.1 Å². The summed E-state index contributed by atoms with van der Waals surface area (Å²) >= 11 is 0. The van der Waals surface area contributed by atoms with E-state index in [1.165, 1.54) is 49.6 Å². The van der Waals surface area contributed by atoms with Crippen molar-refractivity contribution in [1.29, 1.82) is 0 Å². The number of rotatable bonds is 5. The van der Waals surface area contributed by atoms with Crippen LogP contribution in [-0.2, 0) is 0 Å². The van der Waals surface area contributed by atoms with Crippen molar-refractivity contribution in [2.24, 2.45) is 0 Å². The van der Waals surface area contributed by atoms with Gasteiger partial charge in [-0.2, -0.15) is 0 Å². The number of anilines is 2. The minimum atomic E-state index is 0.983. The molecule has 2 heteroatoms. The molecule has 0 radical (unpaired) electrons. The Bertz CT molecular complexity index is 2600. The topological polar surface area (TPSA) is 8.17 Å². The lowest BCUT2D eigenvalue weighted by molar-refractivity contribution is 1.18. The molecule has 1 aliphatic heterocycles. The van der Waals surface area contributed by atoms with E-state index in [-0.39, 0.29) is 0 Å². The van der Waals surface area contributed by atoms with E-state index in [0.29, 0.717) is 0 Å². The third-order valence-corrected chi connectivity index (χ3v) is 9.70. The van der Waals surface area contributed by atoms with Gasteiger partial charge < -0.3 is 9.47 Å². The van der Waals surface area contributed by atoms with E-state index in [9.17, 15) is 0 Å². The third kappa shape index (κ3) is 5.24. The predicted octanol–water partition coefficient (Wildman–Crippen LogP) is 13.0. The Balaban J connectivity index is 1.17. The summed E-state index contributed by atoms with van der Waals surface area (Å²) in [5.74, 6) is 0. The average molecular weight is 639 g/mol. The van der Waals surface area contributed by atoms with Crippen LogP contribution >= 0.6 is 0 Å². The molecule has 2 heterocycles. The van der Waals surface area contributed by atoms with Crippen LogP contribution in [0.1, 0.15) is 5.56 Å². The van der Waals surface area contributed by atoms with Gasteiger partial charge in [0, 0.05) is 33.9 Å². The highest BCUT2D eigenvalue weighted by Gasteiger charge is 2.18. The molecule has 0 saturated carbocycles. The van der Waals surface area contributed by atoms with Crippen LogP contribution in [0.4, 0.5) is 11.4 Å². The first kappa shape index (κ1) is 29.5. The lowest BCUT2D eigenvalue weighted by Gasteiger charge is -2.26. The van der Waals surface area contributed by atoms with Crippen LogP contribution in [0.2, 0.25) is 0 Å². The maximum Gasteiger partial charge on any atom is 0.0541 e. The minimum Gasteiger partial charge on any atom is -0.317 e. The SMILES string of the molecule is C=C1/C=C\C=C/N(c2cccc(-c3ccccc3)c2)c2cc(-c3ccc4c(c3)c3ccccc3n4-c3cccc(-c4ccccc4)c3)ccc21. The lowest BCUT2D eigenvalue weighted by atomic mass is 9.96. The Kier molecular flexibility index (Phi) is 7.33. The molecule has 1 aliphatic rings. The number of benzene rings is 7. The van der Waals surface area contributed by atoms with Gasteiger partial charge in [0.15, 0.2) is 0 Å². The molecule has 0 amide bonds. The van der Waals surface area contributed by atoms with Crippen LogP contribution in [0.5, 0.6) is 0 Å². The normalized spacial score (nSPS) is 13.9. The summed E-state index contributed by atoms with van der Waals surface area (Å²) in [5.41, 5.74) is 14.9. The fourth-order valence-electron chi connectivity index (χ4n) is 7.24. The molecule has 0 atom stereocenters. The van der Waals surface area contributed by atoms with Crippen LogP contribution in [0.25, 0.3) is 66.4 Å². The standard InChI is InChI=1S/C48H34N2/c1-34-14-10-11-29-49(41-21-12-19-37(30-41)35-15-4-2-5-16-35)48-33-40(25-27-43(34)48)39-26-28-47-45(32-39)44-23-8-9-24-46(44)50(47)42-22-13-20-38(31-42)36-17-6-3-7-18-36/h2-33H,1H2/b14-10-,29-11-. The predicted molar refractivity (Wildman–Crippen MR) is 213 cm³/mol. The molecule has 0 aliphatic carbocycles. The van der Waals surface area contributed by atoms with E-state index in [2.05, 4.69) is 210 Å². The van der Waals surface area contributed by atoms with E-state index in [1.807, 2.05) is 0 Å². The summed E-state index contributed by atoms with van der Waals surface area (Å²) < 4.78 is 2.39. The average Bonchev–Trinajstić information content (AvgIpc) is 3.51. The zero-order valence-corrected chi connectivity index (χ0v) is 27.6. The quantitative estimate of drug-likeness (QED) is 0.182. The fourth-order valence-corrected chi connectivity index (χ4v) is 7.24. The highest BCUT2D eigenvalue weighted by atomic mass is 15.1. The van der Waals surface area contributed by atoms with Crippen LogP contribution in [0.3, 0.4) is 0 Å². The maximum atomic E-state index is 4.43. The summed E-state index contributed by atoms with van der Waals surface area (Å²) in [5, 5.41) is 2.47. The summed E-state index contributed by atoms with van der Waals surface area (Å²) in [7, 11) is 0. The summed E-state index contributed by atoms with van der Waals surface area (Å²) in [6, 6.07) is 61.1. The number of allylic oxidation sites excluding steroid dienone is 4. The minimum absolute atomic E-state index is 0.983. The van der Waals surface area contributed by atoms with Crippen molar-refractivity contribution in [2.75, 3.05) is 4.90 Å². The van der Waals surface area contributed by atoms with Crippen molar-refractivity contribution in [3.05, 3.63) is 206 Å². The van der Waals surface area contributed by atoms with Crippen molar-refractivity contribution >= 4 is 38.8 Å². The Hall–Kier alpha value is -6.64. The lowest BCUT2D eigenvalue weighted by Crippen LogP contribution is -2.11. The van der Waals surface area contributed by atoms with Crippen molar-refractivity contribution in [2.45, 2.75) is 0 Å². The van der Waals surface area contributed by atoms with E-state index in [0.717, 1.165) is 33.8 Å². The maximum absolute atomic E-state index is 4.43. The molecule has 7 aromatic carbocycles. The molecule has 0 N–H and O–H groups in total.